The predicted molar refractivity (Wildman–Crippen MR) is 72.5 cm³/mol. The molecule has 0 unspecified atom stereocenters. The zero-order chi connectivity index (χ0) is 12.8. The summed E-state index contributed by atoms with van der Waals surface area (Å²) in [5.74, 6) is 0.948. The Kier molecular flexibility index (Phi) is 4.62. The second-order valence-electron chi connectivity index (χ2n) is 5.03. The molecule has 0 heterocycles. The van der Waals surface area contributed by atoms with E-state index in [4.69, 9.17) is 9.94 Å². The van der Waals surface area contributed by atoms with E-state index in [0.717, 1.165) is 17.0 Å². The molecule has 98 valence electrons. The topological polar surface area (TPSA) is 41.8 Å². The fraction of sp³-hybridized carbons (Fsp3) is 0.533. The van der Waals surface area contributed by atoms with E-state index < -0.39 is 0 Å². The first-order valence-electron chi connectivity index (χ1n) is 6.71. The normalized spacial score (nSPS) is 17.7. The number of nitrogens with zero attached hydrogens (tertiary/aromatic N) is 1. The summed E-state index contributed by atoms with van der Waals surface area (Å²) >= 11 is 0. The molecular formula is C15H21NO2. The van der Waals surface area contributed by atoms with E-state index in [-0.39, 0.29) is 0 Å². The van der Waals surface area contributed by atoms with E-state index in [0.29, 0.717) is 12.5 Å². The lowest BCUT2D eigenvalue weighted by molar-refractivity contribution is 0.155. The molecule has 0 bridgehead atoms. The average Bonchev–Trinajstić information content (AvgIpc) is 2.42. The monoisotopic (exact) mass is 247 g/mol. The van der Waals surface area contributed by atoms with Crippen molar-refractivity contribution in [1.29, 1.82) is 0 Å². The summed E-state index contributed by atoms with van der Waals surface area (Å²) in [5.41, 5.74) is 1.86. The lowest BCUT2D eigenvalue weighted by Gasteiger charge is -2.23. The molecule has 0 radical (unpaired) electrons. The molecule has 0 amide bonds. The standard InChI is InChI=1S/C15H21NO2/c1-12(16-17)11-13-7-9-15(10-8-13)18-14-5-3-2-4-6-14/h7-10,14,17H,2-6,11H2,1H3/b16-12-. The molecule has 1 fully saturated rings. The van der Waals surface area contributed by atoms with Crippen LogP contribution in [0.1, 0.15) is 44.6 Å². The Bertz CT molecular complexity index is 391. The molecule has 0 atom stereocenters. The lowest BCUT2D eigenvalue weighted by atomic mass is 9.98. The van der Waals surface area contributed by atoms with Crippen molar-refractivity contribution in [2.45, 2.75) is 51.6 Å². The Morgan fingerprint density at radius 2 is 1.89 bits per heavy atom. The van der Waals surface area contributed by atoms with Crippen LogP contribution < -0.4 is 4.74 Å². The largest absolute Gasteiger partial charge is 0.490 e. The van der Waals surface area contributed by atoms with Gasteiger partial charge in [-0.25, -0.2) is 0 Å². The molecule has 3 nitrogen and oxygen atoms in total. The molecule has 1 N–H and O–H groups in total. The van der Waals surface area contributed by atoms with E-state index in [9.17, 15) is 0 Å². The van der Waals surface area contributed by atoms with Gasteiger partial charge in [0.05, 0.1) is 11.8 Å². The van der Waals surface area contributed by atoms with Crippen molar-refractivity contribution in [2.24, 2.45) is 5.16 Å². The Morgan fingerprint density at radius 1 is 1.22 bits per heavy atom. The van der Waals surface area contributed by atoms with Crippen LogP contribution in [-0.4, -0.2) is 17.0 Å². The second-order valence-corrected chi connectivity index (χ2v) is 5.03. The third-order valence-corrected chi connectivity index (χ3v) is 3.41. The Hall–Kier alpha value is -1.51. The minimum absolute atomic E-state index is 0.394. The lowest BCUT2D eigenvalue weighted by Crippen LogP contribution is -2.19. The summed E-state index contributed by atoms with van der Waals surface area (Å²) in [7, 11) is 0. The summed E-state index contributed by atoms with van der Waals surface area (Å²) in [6, 6.07) is 8.09. The van der Waals surface area contributed by atoms with E-state index in [1.165, 1.54) is 32.1 Å². The predicted octanol–water partition coefficient (Wildman–Crippen LogP) is 3.79. The quantitative estimate of drug-likeness (QED) is 0.499. The molecule has 3 heteroatoms. The fourth-order valence-corrected chi connectivity index (χ4v) is 2.39. The molecule has 18 heavy (non-hydrogen) atoms. The molecule has 0 saturated heterocycles. The van der Waals surface area contributed by atoms with Crippen LogP contribution in [0.3, 0.4) is 0 Å². The van der Waals surface area contributed by atoms with Crippen LogP contribution in [0.15, 0.2) is 29.4 Å². The van der Waals surface area contributed by atoms with Crippen molar-refractivity contribution in [3.63, 3.8) is 0 Å². The van der Waals surface area contributed by atoms with Crippen LogP contribution in [0, 0.1) is 0 Å². The molecule has 1 saturated carbocycles. The van der Waals surface area contributed by atoms with Gasteiger partial charge in [-0.05, 0) is 50.3 Å². The van der Waals surface area contributed by atoms with Gasteiger partial charge in [-0.15, -0.1) is 0 Å². The minimum atomic E-state index is 0.394. The summed E-state index contributed by atoms with van der Waals surface area (Å²) < 4.78 is 5.96. The average molecular weight is 247 g/mol. The first-order valence-corrected chi connectivity index (χ1v) is 6.71. The van der Waals surface area contributed by atoms with Crippen LogP contribution in [-0.2, 0) is 6.42 Å². The van der Waals surface area contributed by atoms with Gasteiger partial charge in [-0.3, -0.25) is 0 Å². The number of hydrogen-bond donors (Lipinski definition) is 1. The molecule has 0 aromatic heterocycles. The van der Waals surface area contributed by atoms with Gasteiger partial charge in [0.15, 0.2) is 0 Å². The second kappa shape index (κ2) is 6.43. The molecule has 1 aromatic carbocycles. The van der Waals surface area contributed by atoms with Gasteiger partial charge in [-0.2, -0.15) is 0 Å². The third-order valence-electron chi connectivity index (χ3n) is 3.41. The third kappa shape index (κ3) is 3.76. The number of benzene rings is 1. The van der Waals surface area contributed by atoms with E-state index in [1.807, 2.05) is 31.2 Å². The van der Waals surface area contributed by atoms with Crippen molar-refractivity contribution in [2.75, 3.05) is 0 Å². The summed E-state index contributed by atoms with van der Waals surface area (Å²) in [6.07, 6.45) is 7.35. The van der Waals surface area contributed by atoms with Gasteiger partial charge in [0.2, 0.25) is 0 Å². The van der Waals surface area contributed by atoms with Crippen LogP contribution >= 0.6 is 0 Å². The number of hydrogen-bond acceptors (Lipinski definition) is 3. The number of oxime groups is 1. The Balaban J connectivity index is 1.90. The van der Waals surface area contributed by atoms with Crippen molar-refractivity contribution in [3.05, 3.63) is 29.8 Å². The summed E-state index contributed by atoms with van der Waals surface area (Å²) in [6.45, 7) is 1.81. The highest BCUT2D eigenvalue weighted by Gasteiger charge is 2.14. The van der Waals surface area contributed by atoms with E-state index >= 15 is 0 Å². The van der Waals surface area contributed by atoms with Crippen LogP contribution in [0.5, 0.6) is 5.75 Å². The molecule has 1 aromatic rings. The van der Waals surface area contributed by atoms with Crippen LogP contribution in [0.4, 0.5) is 0 Å². The van der Waals surface area contributed by atoms with Crippen molar-refractivity contribution < 1.29 is 9.94 Å². The smallest absolute Gasteiger partial charge is 0.119 e. The maximum Gasteiger partial charge on any atom is 0.119 e. The van der Waals surface area contributed by atoms with Crippen LogP contribution in [0.2, 0.25) is 0 Å². The number of rotatable bonds is 4. The molecule has 1 aliphatic rings. The highest BCUT2D eigenvalue weighted by atomic mass is 16.5. The summed E-state index contributed by atoms with van der Waals surface area (Å²) in [5, 5.41) is 11.8. The van der Waals surface area contributed by atoms with Crippen molar-refractivity contribution in [1.82, 2.24) is 0 Å². The Morgan fingerprint density at radius 3 is 2.50 bits per heavy atom. The van der Waals surface area contributed by atoms with Crippen LogP contribution in [0.25, 0.3) is 0 Å². The first kappa shape index (κ1) is 12.9. The van der Waals surface area contributed by atoms with Gasteiger partial charge in [0.25, 0.3) is 0 Å². The van der Waals surface area contributed by atoms with E-state index in [2.05, 4.69) is 5.16 Å². The number of ether oxygens (including phenoxy) is 1. The molecule has 0 spiro atoms. The molecular weight excluding hydrogens is 226 g/mol. The van der Waals surface area contributed by atoms with Gasteiger partial charge in [0, 0.05) is 6.42 Å². The molecule has 2 rings (SSSR count). The fourth-order valence-electron chi connectivity index (χ4n) is 2.39. The highest BCUT2D eigenvalue weighted by molar-refractivity contribution is 5.83. The van der Waals surface area contributed by atoms with Crippen molar-refractivity contribution in [3.8, 4) is 5.75 Å². The first-order chi connectivity index (χ1) is 8.78. The molecule has 0 aliphatic heterocycles. The van der Waals surface area contributed by atoms with Gasteiger partial charge >= 0.3 is 0 Å². The Labute approximate surface area is 108 Å². The van der Waals surface area contributed by atoms with Gasteiger partial charge in [-0.1, -0.05) is 23.7 Å². The SMILES string of the molecule is C/C(Cc1ccc(OC2CCCCC2)cc1)=N/O. The summed E-state index contributed by atoms with van der Waals surface area (Å²) in [4.78, 5) is 0. The zero-order valence-electron chi connectivity index (χ0n) is 10.9. The zero-order valence-corrected chi connectivity index (χ0v) is 10.9. The molecule has 1 aliphatic carbocycles. The maximum atomic E-state index is 8.63. The maximum absolute atomic E-state index is 8.63. The minimum Gasteiger partial charge on any atom is -0.490 e. The van der Waals surface area contributed by atoms with Gasteiger partial charge < -0.3 is 9.94 Å². The van der Waals surface area contributed by atoms with E-state index in [1.54, 1.807) is 0 Å². The van der Waals surface area contributed by atoms with Gasteiger partial charge in [0.1, 0.15) is 5.75 Å². The van der Waals surface area contributed by atoms with Crippen molar-refractivity contribution >= 4 is 5.71 Å². The highest BCUT2D eigenvalue weighted by Crippen LogP contribution is 2.23.